The van der Waals surface area contributed by atoms with Gasteiger partial charge in [-0.1, -0.05) is 19.1 Å². The summed E-state index contributed by atoms with van der Waals surface area (Å²) >= 11 is 0. The van der Waals surface area contributed by atoms with E-state index in [-0.39, 0.29) is 16.2 Å². The van der Waals surface area contributed by atoms with Gasteiger partial charge in [0, 0.05) is 6.07 Å². The van der Waals surface area contributed by atoms with Crippen LogP contribution < -0.4 is 14.8 Å². The van der Waals surface area contributed by atoms with Crippen molar-refractivity contribution in [1.29, 1.82) is 0 Å². The van der Waals surface area contributed by atoms with Crippen LogP contribution in [0.2, 0.25) is 0 Å². The number of amides is 1. The summed E-state index contributed by atoms with van der Waals surface area (Å²) in [7, 11) is -3.52. The summed E-state index contributed by atoms with van der Waals surface area (Å²) < 4.78 is 35.5. The smallest absolute Gasteiger partial charge is 0.257 e. The zero-order valence-electron chi connectivity index (χ0n) is 15.1. The highest BCUT2D eigenvalue weighted by molar-refractivity contribution is 7.91. The number of benzene rings is 2. The zero-order chi connectivity index (χ0) is 19.2. The van der Waals surface area contributed by atoms with Crippen molar-refractivity contribution in [2.45, 2.75) is 25.7 Å². The second-order valence-corrected chi connectivity index (χ2v) is 7.62. The number of ether oxygens (including phenoxy) is 2. The molecule has 0 aliphatic heterocycles. The first kappa shape index (κ1) is 19.8. The van der Waals surface area contributed by atoms with Gasteiger partial charge >= 0.3 is 0 Å². The van der Waals surface area contributed by atoms with Gasteiger partial charge in [-0.2, -0.15) is 0 Å². The van der Waals surface area contributed by atoms with Crippen molar-refractivity contribution < 1.29 is 22.7 Å². The van der Waals surface area contributed by atoms with Gasteiger partial charge in [0.2, 0.25) is 0 Å². The second-order valence-electron chi connectivity index (χ2n) is 5.38. The lowest BCUT2D eigenvalue weighted by Gasteiger charge is -2.15. The van der Waals surface area contributed by atoms with Crippen LogP contribution in [0.3, 0.4) is 0 Å². The summed E-state index contributed by atoms with van der Waals surface area (Å²) in [6.45, 7) is 6.16. The van der Waals surface area contributed by atoms with Crippen molar-refractivity contribution >= 4 is 21.4 Å². The van der Waals surface area contributed by atoms with E-state index < -0.39 is 15.7 Å². The standard InChI is InChI=1S/C19H23NO5S/c1-4-24-14-11-12-17(25-5-2)16(13-14)20-19(21)15-9-7-8-10-18(15)26(22,23)6-3/h7-13H,4-6H2,1-3H3,(H,20,21). The van der Waals surface area contributed by atoms with Crippen molar-refractivity contribution in [3.63, 3.8) is 0 Å². The third-order valence-electron chi connectivity index (χ3n) is 3.66. The van der Waals surface area contributed by atoms with Crippen molar-refractivity contribution in [3.05, 3.63) is 48.0 Å². The molecule has 0 aliphatic carbocycles. The third kappa shape index (κ3) is 4.54. The van der Waals surface area contributed by atoms with Gasteiger partial charge in [-0.3, -0.25) is 4.79 Å². The maximum atomic E-state index is 12.8. The quantitative estimate of drug-likeness (QED) is 0.761. The molecule has 2 aromatic carbocycles. The van der Waals surface area contributed by atoms with Gasteiger partial charge in [0.15, 0.2) is 9.84 Å². The molecule has 0 saturated heterocycles. The van der Waals surface area contributed by atoms with Gasteiger partial charge in [0.25, 0.3) is 5.91 Å². The molecule has 6 nitrogen and oxygen atoms in total. The first-order chi connectivity index (χ1) is 12.4. The van der Waals surface area contributed by atoms with Crippen LogP contribution in [-0.2, 0) is 9.84 Å². The molecule has 0 saturated carbocycles. The molecule has 1 amide bonds. The Hall–Kier alpha value is -2.54. The Kier molecular flexibility index (Phi) is 6.63. The minimum Gasteiger partial charge on any atom is -0.494 e. The van der Waals surface area contributed by atoms with Crippen LogP contribution in [0.15, 0.2) is 47.4 Å². The number of carbonyl (C=O) groups is 1. The summed E-state index contributed by atoms with van der Waals surface area (Å²) in [4.78, 5) is 12.8. The van der Waals surface area contributed by atoms with Gasteiger partial charge in [-0.05, 0) is 38.1 Å². The molecule has 0 spiro atoms. The molecular formula is C19H23NO5S. The fourth-order valence-corrected chi connectivity index (χ4v) is 3.51. The molecule has 0 aliphatic rings. The maximum absolute atomic E-state index is 12.8. The monoisotopic (exact) mass is 377 g/mol. The Morgan fingerprint density at radius 3 is 2.35 bits per heavy atom. The minimum atomic E-state index is -3.52. The van der Waals surface area contributed by atoms with Crippen LogP contribution in [0.4, 0.5) is 5.69 Å². The number of nitrogens with one attached hydrogen (secondary N) is 1. The summed E-state index contributed by atoms with van der Waals surface area (Å²) in [5.41, 5.74) is 0.519. The predicted octanol–water partition coefficient (Wildman–Crippen LogP) is 3.53. The first-order valence-corrected chi connectivity index (χ1v) is 10.1. The lowest BCUT2D eigenvalue weighted by atomic mass is 10.2. The summed E-state index contributed by atoms with van der Waals surface area (Å²) in [6.07, 6.45) is 0. The normalized spacial score (nSPS) is 11.0. The highest BCUT2D eigenvalue weighted by Gasteiger charge is 2.21. The molecule has 2 aromatic rings. The van der Waals surface area contributed by atoms with E-state index in [1.165, 1.54) is 12.1 Å². The SMILES string of the molecule is CCOc1ccc(OCC)c(NC(=O)c2ccccc2S(=O)(=O)CC)c1. The minimum absolute atomic E-state index is 0.0129. The Labute approximate surface area is 154 Å². The fraction of sp³-hybridized carbons (Fsp3) is 0.316. The van der Waals surface area contributed by atoms with E-state index in [0.29, 0.717) is 30.4 Å². The van der Waals surface area contributed by atoms with Crippen molar-refractivity contribution in [1.82, 2.24) is 0 Å². The van der Waals surface area contributed by atoms with E-state index in [9.17, 15) is 13.2 Å². The van der Waals surface area contributed by atoms with Crippen molar-refractivity contribution in [2.24, 2.45) is 0 Å². The van der Waals surface area contributed by atoms with Gasteiger partial charge in [0.05, 0.1) is 35.1 Å². The third-order valence-corrected chi connectivity index (χ3v) is 5.44. The van der Waals surface area contributed by atoms with E-state index >= 15 is 0 Å². The Morgan fingerprint density at radius 2 is 1.69 bits per heavy atom. The second kappa shape index (κ2) is 8.71. The molecule has 140 valence electrons. The number of hydrogen-bond acceptors (Lipinski definition) is 5. The number of rotatable bonds is 8. The molecule has 0 bridgehead atoms. The Balaban J connectivity index is 2.40. The summed E-state index contributed by atoms with van der Waals surface area (Å²) in [6, 6.07) is 11.3. The molecule has 0 heterocycles. The van der Waals surface area contributed by atoms with E-state index in [2.05, 4.69) is 5.32 Å². The Morgan fingerprint density at radius 1 is 1.00 bits per heavy atom. The van der Waals surface area contributed by atoms with Crippen molar-refractivity contribution in [3.8, 4) is 11.5 Å². The topological polar surface area (TPSA) is 81.7 Å². The van der Waals surface area contributed by atoms with Crippen LogP contribution in [0.5, 0.6) is 11.5 Å². The highest BCUT2D eigenvalue weighted by atomic mass is 32.2. The molecule has 0 unspecified atom stereocenters. The summed E-state index contributed by atoms with van der Waals surface area (Å²) in [5.74, 6) is 0.467. The molecule has 7 heteroatoms. The van der Waals surface area contributed by atoms with E-state index in [0.717, 1.165) is 0 Å². The largest absolute Gasteiger partial charge is 0.494 e. The summed E-state index contributed by atoms with van der Waals surface area (Å²) in [5, 5.41) is 2.74. The molecule has 0 atom stereocenters. The molecule has 26 heavy (non-hydrogen) atoms. The fourth-order valence-electron chi connectivity index (χ4n) is 2.42. The molecule has 1 N–H and O–H groups in total. The molecule has 0 fully saturated rings. The molecule has 0 aromatic heterocycles. The van der Waals surface area contributed by atoms with E-state index in [1.54, 1.807) is 37.3 Å². The number of carbonyl (C=O) groups excluding carboxylic acids is 1. The van der Waals surface area contributed by atoms with Crippen LogP contribution in [-0.4, -0.2) is 33.3 Å². The first-order valence-electron chi connectivity index (χ1n) is 8.45. The van der Waals surface area contributed by atoms with Gasteiger partial charge in [-0.25, -0.2) is 8.42 Å². The van der Waals surface area contributed by atoms with E-state index in [1.807, 2.05) is 13.8 Å². The van der Waals surface area contributed by atoms with Crippen LogP contribution in [0, 0.1) is 0 Å². The Bertz CT molecular complexity index is 877. The number of sulfone groups is 1. The lowest BCUT2D eigenvalue weighted by Crippen LogP contribution is -2.18. The van der Waals surface area contributed by atoms with Crippen LogP contribution >= 0.6 is 0 Å². The molecular weight excluding hydrogens is 354 g/mol. The number of anilines is 1. The molecule has 0 radical (unpaired) electrons. The van der Waals surface area contributed by atoms with Gasteiger partial charge < -0.3 is 14.8 Å². The van der Waals surface area contributed by atoms with Crippen molar-refractivity contribution in [2.75, 3.05) is 24.3 Å². The molecule has 2 rings (SSSR count). The highest BCUT2D eigenvalue weighted by Crippen LogP contribution is 2.30. The lowest BCUT2D eigenvalue weighted by molar-refractivity contribution is 0.102. The van der Waals surface area contributed by atoms with Crippen LogP contribution in [0.25, 0.3) is 0 Å². The predicted molar refractivity (Wildman–Crippen MR) is 101 cm³/mol. The van der Waals surface area contributed by atoms with Crippen LogP contribution in [0.1, 0.15) is 31.1 Å². The average molecular weight is 377 g/mol. The maximum Gasteiger partial charge on any atom is 0.257 e. The van der Waals surface area contributed by atoms with Gasteiger partial charge in [-0.15, -0.1) is 0 Å². The van der Waals surface area contributed by atoms with Gasteiger partial charge in [0.1, 0.15) is 11.5 Å². The average Bonchev–Trinajstić information content (AvgIpc) is 2.64. The van der Waals surface area contributed by atoms with E-state index in [4.69, 9.17) is 9.47 Å². The zero-order valence-corrected chi connectivity index (χ0v) is 15.9. The number of hydrogen-bond donors (Lipinski definition) is 1.